The van der Waals surface area contributed by atoms with Gasteiger partial charge < -0.3 is 24.6 Å². The van der Waals surface area contributed by atoms with Crippen molar-refractivity contribution in [1.29, 1.82) is 0 Å². The van der Waals surface area contributed by atoms with Crippen molar-refractivity contribution >= 4 is 35.9 Å². The first kappa shape index (κ1) is 22.4. The maximum atomic E-state index is 12.2. The van der Waals surface area contributed by atoms with Gasteiger partial charge in [-0.2, -0.15) is 0 Å². The summed E-state index contributed by atoms with van der Waals surface area (Å²) < 4.78 is 11.3. The van der Waals surface area contributed by atoms with Gasteiger partial charge in [-0.1, -0.05) is 0 Å². The topological polar surface area (TPSA) is 66.4 Å². The highest BCUT2D eigenvalue weighted by molar-refractivity contribution is 14.0. The molecule has 0 saturated carbocycles. The Morgan fingerprint density at radius 3 is 2.64 bits per heavy atom. The Morgan fingerprint density at radius 1 is 1.32 bits per heavy atom. The summed E-state index contributed by atoms with van der Waals surface area (Å²) in [6.07, 6.45) is 0.975. The number of aliphatic imine (C=N–C) groups is 1. The average molecular weight is 468 g/mol. The van der Waals surface area contributed by atoms with E-state index < -0.39 is 5.60 Å². The van der Waals surface area contributed by atoms with Gasteiger partial charge in [0.2, 0.25) is 0 Å². The second-order valence-corrected chi connectivity index (χ2v) is 7.65. The molecule has 7 nitrogen and oxygen atoms in total. The Kier molecular flexibility index (Phi) is 8.90. The Bertz CT molecular complexity index is 467. The fourth-order valence-electron chi connectivity index (χ4n) is 3.06. The molecule has 0 amide bonds. The molecular formula is C17H33IN4O3. The molecule has 2 rings (SSSR count). The van der Waals surface area contributed by atoms with Gasteiger partial charge in [-0.3, -0.25) is 9.79 Å². The minimum Gasteiger partial charge on any atom is -0.460 e. The van der Waals surface area contributed by atoms with Gasteiger partial charge in [0.1, 0.15) is 5.60 Å². The van der Waals surface area contributed by atoms with Crippen LogP contribution in [0, 0.1) is 5.92 Å². The monoisotopic (exact) mass is 468 g/mol. The molecule has 0 aromatic heterocycles. The highest BCUT2D eigenvalue weighted by atomic mass is 127. The molecular weight excluding hydrogens is 435 g/mol. The third-order valence-corrected chi connectivity index (χ3v) is 4.27. The lowest BCUT2D eigenvalue weighted by atomic mass is 10.1. The van der Waals surface area contributed by atoms with Crippen molar-refractivity contribution < 1.29 is 14.3 Å². The van der Waals surface area contributed by atoms with Crippen molar-refractivity contribution in [1.82, 2.24) is 15.1 Å². The molecule has 0 radical (unpaired) electrons. The van der Waals surface area contributed by atoms with E-state index in [1.165, 1.54) is 0 Å². The predicted octanol–water partition coefficient (Wildman–Crippen LogP) is 1.17. The molecule has 1 N–H and O–H groups in total. The molecule has 146 valence electrons. The van der Waals surface area contributed by atoms with Crippen LogP contribution >= 0.6 is 24.0 Å². The van der Waals surface area contributed by atoms with E-state index in [1.54, 1.807) is 7.05 Å². The molecule has 0 bridgehead atoms. The molecule has 25 heavy (non-hydrogen) atoms. The van der Waals surface area contributed by atoms with E-state index >= 15 is 0 Å². The minimum absolute atomic E-state index is 0. The quantitative estimate of drug-likeness (QED) is 0.291. The Balaban J connectivity index is 0.00000312. The number of guanidine groups is 1. The summed E-state index contributed by atoms with van der Waals surface area (Å²) >= 11 is 0. The molecule has 0 aromatic carbocycles. The molecule has 0 aliphatic carbocycles. The molecule has 2 aliphatic rings. The van der Waals surface area contributed by atoms with Crippen LogP contribution in [0.2, 0.25) is 0 Å². The number of morpholine rings is 1. The van der Waals surface area contributed by atoms with Crippen LogP contribution in [0.5, 0.6) is 0 Å². The first-order chi connectivity index (χ1) is 11.3. The lowest BCUT2D eigenvalue weighted by Gasteiger charge is -2.31. The van der Waals surface area contributed by atoms with Crippen LogP contribution in [0.25, 0.3) is 0 Å². The zero-order valence-corrected chi connectivity index (χ0v) is 18.4. The summed E-state index contributed by atoms with van der Waals surface area (Å²) in [5.41, 5.74) is -0.436. The number of nitrogens with one attached hydrogen (secondary N) is 1. The lowest BCUT2D eigenvalue weighted by Crippen LogP contribution is -2.49. The number of carbonyl (C=O) groups excluding carboxylic acids is 1. The van der Waals surface area contributed by atoms with Crippen molar-refractivity contribution in [2.24, 2.45) is 10.9 Å². The van der Waals surface area contributed by atoms with Crippen molar-refractivity contribution in [3.8, 4) is 0 Å². The smallest absolute Gasteiger partial charge is 0.311 e. The normalized spacial score (nSPS) is 25.5. The molecule has 2 unspecified atom stereocenters. The molecule has 2 fully saturated rings. The fourth-order valence-corrected chi connectivity index (χ4v) is 3.06. The van der Waals surface area contributed by atoms with E-state index in [2.05, 4.69) is 27.2 Å². The largest absolute Gasteiger partial charge is 0.460 e. The standard InChI is InChI=1S/C17H32N4O3.HI/c1-17(2,3)24-15(22)13-6-7-21(11-13)16(18-4)19-10-14-12-20(5)8-9-23-14;/h13-14H,6-12H2,1-5H3,(H,18,19);1H. The van der Waals surface area contributed by atoms with Crippen LogP contribution in [0.4, 0.5) is 0 Å². The second kappa shape index (κ2) is 9.91. The summed E-state index contributed by atoms with van der Waals surface area (Å²) in [6.45, 7) is 10.6. The van der Waals surface area contributed by atoms with Gasteiger partial charge in [-0.05, 0) is 34.2 Å². The van der Waals surface area contributed by atoms with Crippen molar-refractivity contribution in [3.63, 3.8) is 0 Å². The van der Waals surface area contributed by atoms with E-state index in [0.29, 0.717) is 6.54 Å². The van der Waals surface area contributed by atoms with Gasteiger partial charge in [-0.25, -0.2) is 0 Å². The SMILES string of the molecule is CN=C(NCC1CN(C)CCO1)N1CCC(C(=O)OC(C)(C)C)C1.I. The number of hydrogen-bond donors (Lipinski definition) is 1. The number of halogens is 1. The summed E-state index contributed by atoms with van der Waals surface area (Å²) in [5, 5.41) is 3.38. The van der Waals surface area contributed by atoms with Gasteiger partial charge in [0.25, 0.3) is 0 Å². The number of carbonyl (C=O) groups is 1. The summed E-state index contributed by atoms with van der Waals surface area (Å²) in [6, 6.07) is 0. The van der Waals surface area contributed by atoms with Crippen molar-refractivity contribution in [2.45, 2.75) is 38.9 Å². The molecule has 2 aliphatic heterocycles. The number of hydrogen-bond acceptors (Lipinski definition) is 5. The first-order valence-electron chi connectivity index (χ1n) is 8.77. The van der Waals surface area contributed by atoms with E-state index in [-0.39, 0.29) is 42.0 Å². The maximum Gasteiger partial charge on any atom is 0.311 e. The van der Waals surface area contributed by atoms with Crippen LogP contribution < -0.4 is 5.32 Å². The third-order valence-electron chi connectivity index (χ3n) is 4.27. The number of esters is 1. The molecule has 0 spiro atoms. The number of nitrogens with zero attached hydrogens (tertiary/aromatic N) is 3. The van der Waals surface area contributed by atoms with Crippen molar-refractivity contribution in [2.75, 3.05) is 53.4 Å². The summed E-state index contributed by atoms with van der Waals surface area (Å²) in [7, 11) is 3.88. The number of likely N-dealkylation sites (tertiary alicyclic amines) is 1. The third kappa shape index (κ3) is 7.26. The molecule has 2 atom stereocenters. The first-order valence-corrected chi connectivity index (χ1v) is 8.77. The van der Waals surface area contributed by atoms with Gasteiger partial charge in [0.15, 0.2) is 5.96 Å². The predicted molar refractivity (Wildman–Crippen MR) is 110 cm³/mol. The average Bonchev–Trinajstić information content (AvgIpc) is 2.96. The molecule has 2 heterocycles. The zero-order chi connectivity index (χ0) is 17.7. The van der Waals surface area contributed by atoms with Gasteiger partial charge in [0.05, 0.1) is 18.6 Å². The van der Waals surface area contributed by atoms with Gasteiger partial charge >= 0.3 is 5.97 Å². The summed E-state index contributed by atoms with van der Waals surface area (Å²) in [5.74, 6) is 0.635. The van der Waals surface area contributed by atoms with E-state index in [0.717, 1.165) is 45.2 Å². The summed E-state index contributed by atoms with van der Waals surface area (Å²) in [4.78, 5) is 21.0. The highest BCUT2D eigenvalue weighted by Crippen LogP contribution is 2.20. The van der Waals surface area contributed by atoms with Crippen LogP contribution in [-0.2, 0) is 14.3 Å². The van der Waals surface area contributed by atoms with Crippen molar-refractivity contribution in [3.05, 3.63) is 0 Å². The van der Waals surface area contributed by atoms with Crippen LogP contribution in [0.1, 0.15) is 27.2 Å². The highest BCUT2D eigenvalue weighted by Gasteiger charge is 2.33. The zero-order valence-electron chi connectivity index (χ0n) is 16.1. The van der Waals surface area contributed by atoms with E-state index in [1.807, 2.05) is 20.8 Å². The van der Waals surface area contributed by atoms with Gasteiger partial charge in [-0.15, -0.1) is 24.0 Å². The van der Waals surface area contributed by atoms with E-state index in [4.69, 9.17) is 9.47 Å². The Labute approximate surface area is 168 Å². The number of likely N-dealkylation sites (N-methyl/N-ethyl adjacent to an activating group) is 1. The van der Waals surface area contributed by atoms with Crippen LogP contribution in [0.3, 0.4) is 0 Å². The Morgan fingerprint density at radius 2 is 2.04 bits per heavy atom. The fraction of sp³-hybridized carbons (Fsp3) is 0.882. The minimum atomic E-state index is -0.436. The molecule has 2 saturated heterocycles. The second-order valence-electron chi connectivity index (χ2n) is 7.65. The molecule has 0 aromatic rings. The number of rotatable bonds is 3. The Hall–Kier alpha value is -0.610. The number of ether oxygens (including phenoxy) is 2. The van der Waals surface area contributed by atoms with Crippen LogP contribution in [0.15, 0.2) is 4.99 Å². The lowest BCUT2D eigenvalue weighted by molar-refractivity contribution is -0.159. The van der Waals surface area contributed by atoms with Crippen LogP contribution in [-0.4, -0.2) is 86.9 Å². The van der Waals surface area contributed by atoms with Gasteiger partial charge in [0, 0.05) is 39.8 Å². The van der Waals surface area contributed by atoms with E-state index in [9.17, 15) is 4.79 Å². The molecule has 8 heteroatoms. The maximum absolute atomic E-state index is 12.2.